The number of ether oxygens (including phenoxy) is 2. The van der Waals surface area contributed by atoms with Crippen LogP contribution in [0.4, 0.5) is 0 Å². The van der Waals surface area contributed by atoms with Gasteiger partial charge in [0.15, 0.2) is 6.61 Å². The van der Waals surface area contributed by atoms with Crippen molar-refractivity contribution in [2.45, 2.75) is 0 Å². The van der Waals surface area contributed by atoms with Crippen molar-refractivity contribution in [2.75, 3.05) is 6.61 Å². The van der Waals surface area contributed by atoms with Gasteiger partial charge in [0.05, 0.1) is 10.0 Å². The van der Waals surface area contributed by atoms with Crippen LogP contribution in [0.25, 0.3) is 0 Å². The number of hydrogen-bond donors (Lipinski definition) is 1. The first kappa shape index (κ1) is 16.5. The molecule has 0 fully saturated rings. The van der Waals surface area contributed by atoms with E-state index in [2.05, 4.69) is 31.9 Å². The highest BCUT2D eigenvalue weighted by Crippen LogP contribution is 2.28. The summed E-state index contributed by atoms with van der Waals surface area (Å²) in [4.78, 5) is 22.6. The van der Waals surface area contributed by atoms with Crippen LogP contribution in [0, 0.1) is 0 Å². The normalized spacial score (nSPS) is 10.1. The minimum atomic E-state index is -1.09. The largest absolute Gasteiger partial charge is 0.481 e. The molecule has 0 aliphatic rings. The van der Waals surface area contributed by atoms with E-state index in [1.807, 2.05) is 0 Å². The van der Waals surface area contributed by atoms with E-state index in [-0.39, 0.29) is 17.9 Å². The van der Waals surface area contributed by atoms with Crippen LogP contribution in [-0.2, 0) is 4.79 Å². The number of carboxylic acids is 1. The van der Waals surface area contributed by atoms with Crippen molar-refractivity contribution in [2.24, 2.45) is 0 Å². The smallest absolute Gasteiger partial charge is 0.349 e. The van der Waals surface area contributed by atoms with E-state index in [4.69, 9.17) is 14.6 Å². The van der Waals surface area contributed by atoms with E-state index in [1.165, 1.54) is 24.3 Å². The second-order valence-corrected chi connectivity index (χ2v) is 5.94. The van der Waals surface area contributed by atoms with Crippen molar-refractivity contribution in [3.05, 3.63) is 57.0 Å². The van der Waals surface area contributed by atoms with E-state index in [9.17, 15) is 9.59 Å². The molecule has 2 rings (SSSR count). The number of benzene rings is 2. The fraction of sp³-hybridized carbons (Fsp3) is 0.0667. The highest BCUT2D eigenvalue weighted by atomic mass is 79.9. The second-order valence-electron chi connectivity index (χ2n) is 4.17. The zero-order chi connectivity index (χ0) is 16.1. The third-order valence-electron chi connectivity index (χ3n) is 2.55. The summed E-state index contributed by atoms with van der Waals surface area (Å²) in [5.41, 5.74) is 0.0434. The van der Waals surface area contributed by atoms with E-state index < -0.39 is 11.9 Å². The maximum absolute atomic E-state index is 11.7. The lowest BCUT2D eigenvalue weighted by Gasteiger charge is -2.09. The molecular formula is C15H10Br2O5. The van der Waals surface area contributed by atoms with Crippen molar-refractivity contribution in [1.29, 1.82) is 0 Å². The van der Waals surface area contributed by atoms with Crippen LogP contribution in [0.2, 0.25) is 0 Å². The molecular weight excluding hydrogens is 420 g/mol. The van der Waals surface area contributed by atoms with Crippen molar-refractivity contribution in [3.63, 3.8) is 0 Å². The number of halogens is 2. The zero-order valence-electron chi connectivity index (χ0n) is 11.1. The Hall–Kier alpha value is -1.86. The summed E-state index contributed by atoms with van der Waals surface area (Å²) >= 11 is 6.63. The maximum atomic E-state index is 11.7. The van der Waals surface area contributed by atoms with Crippen LogP contribution in [-0.4, -0.2) is 23.7 Å². The summed E-state index contributed by atoms with van der Waals surface area (Å²) < 4.78 is 12.0. The second kappa shape index (κ2) is 7.42. The molecule has 0 heterocycles. The van der Waals surface area contributed by atoms with Gasteiger partial charge in [-0.2, -0.15) is 0 Å². The first-order valence-corrected chi connectivity index (χ1v) is 7.66. The number of carboxylic acid groups (broad SMARTS) is 1. The van der Waals surface area contributed by atoms with Gasteiger partial charge in [0, 0.05) is 4.47 Å². The van der Waals surface area contributed by atoms with Gasteiger partial charge in [-0.3, -0.25) is 0 Å². The number of esters is 1. The van der Waals surface area contributed by atoms with E-state index >= 15 is 0 Å². The number of carbonyl (C=O) groups excluding carboxylic acids is 1. The summed E-state index contributed by atoms with van der Waals surface area (Å²) in [6, 6.07) is 11.0. The van der Waals surface area contributed by atoms with Gasteiger partial charge in [0.25, 0.3) is 0 Å². The summed E-state index contributed by atoms with van der Waals surface area (Å²) in [5, 5.41) is 8.87. The predicted molar refractivity (Wildman–Crippen MR) is 86.4 cm³/mol. The Morgan fingerprint density at radius 1 is 1.09 bits per heavy atom. The maximum Gasteiger partial charge on any atom is 0.349 e. The molecule has 0 bridgehead atoms. The Balaban J connectivity index is 1.95. The number of carbonyl (C=O) groups is 2. The minimum absolute atomic E-state index is 0.0434. The molecule has 0 amide bonds. The summed E-state index contributed by atoms with van der Waals surface area (Å²) in [5.74, 6) is -1.06. The molecule has 0 radical (unpaired) electrons. The monoisotopic (exact) mass is 428 g/mol. The van der Waals surface area contributed by atoms with E-state index in [1.54, 1.807) is 18.2 Å². The van der Waals surface area contributed by atoms with Crippen molar-refractivity contribution in [1.82, 2.24) is 0 Å². The highest BCUT2D eigenvalue weighted by Gasteiger charge is 2.10. The fourth-order valence-electron chi connectivity index (χ4n) is 1.58. The highest BCUT2D eigenvalue weighted by molar-refractivity contribution is 9.11. The van der Waals surface area contributed by atoms with Gasteiger partial charge in [-0.05, 0) is 52.3 Å². The summed E-state index contributed by atoms with van der Waals surface area (Å²) in [6.07, 6.45) is 0. The van der Waals surface area contributed by atoms with Crippen molar-refractivity contribution >= 4 is 43.8 Å². The lowest BCUT2D eigenvalue weighted by atomic mass is 10.2. The lowest BCUT2D eigenvalue weighted by Crippen LogP contribution is -2.18. The van der Waals surface area contributed by atoms with Gasteiger partial charge in [-0.1, -0.05) is 22.0 Å². The molecule has 114 valence electrons. The molecule has 2 aromatic rings. The van der Waals surface area contributed by atoms with Crippen molar-refractivity contribution < 1.29 is 24.2 Å². The summed E-state index contributed by atoms with van der Waals surface area (Å²) in [7, 11) is 0. The molecule has 1 N–H and O–H groups in total. The third-order valence-corrected chi connectivity index (χ3v) is 3.67. The summed E-state index contributed by atoms with van der Waals surface area (Å²) in [6.45, 7) is -0.294. The van der Waals surface area contributed by atoms with Crippen molar-refractivity contribution in [3.8, 4) is 11.5 Å². The fourth-order valence-corrected chi connectivity index (χ4v) is 2.74. The molecule has 7 heteroatoms. The molecule has 22 heavy (non-hydrogen) atoms. The first-order valence-electron chi connectivity index (χ1n) is 6.07. The van der Waals surface area contributed by atoms with Crippen LogP contribution in [0.5, 0.6) is 11.5 Å². The van der Waals surface area contributed by atoms with Gasteiger partial charge in [-0.25, -0.2) is 9.59 Å². The molecule has 0 aliphatic carbocycles. The first-order chi connectivity index (χ1) is 10.5. The number of hydrogen-bond acceptors (Lipinski definition) is 4. The molecule has 0 aliphatic heterocycles. The minimum Gasteiger partial charge on any atom is -0.481 e. The Morgan fingerprint density at radius 2 is 1.86 bits per heavy atom. The Labute approximate surface area is 143 Å². The number of rotatable bonds is 5. The molecule has 0 spiro atoms. The van der Waals surface area contributed by atoms with Gasteiger partial charge < -0.3 is 14.6 Å². The molecule has 0 saturated carbocycles. The molecule has 0 unspecified atom stereocenters. The van der Waals surface area contributed by atoms with Gasteiger partial charge in [-0.15, -0.1) is 0 Å². The van der Waals surface area contributed by atoms with Crippen LogP contribution in [0.1, 0.15) is 10.4 Å². The molecule has 0 aromatic heterocycles. The Morgan fingerprint density at radius 3 is 2.55 bits per heavy atom. The molecule has 2 aromatic carbocycles. The van der Waals surface area contributed by atoms with E-state index in [0.717, 1.165) is 4.47 Å². The van der Waals surface area contributed by atoms with E-state index in [0.29, 0.717) is 10.2 Å². The molecule has 0 saturated heterocycles. The van der Waals surface area contributed by atoms with Gasteiger partial charge in [0.2, 0.25) is 0 Å². The van der Waals surface area contributed by atoms with Gasteiger partial charge >= 0.3 is 11.9 Å². The van der Waals surface area contributed by atoms with Crippen LogP contribution in [0.15, 0.2) is 51.4 Å². The average Bonchev–Trinajstić information content (AvgIpc) is 2.46. The topological polar surface area (TPSA) is 72.8 Å². The Bertz CT molecular complexity index is 715. The molecule has 0 atom stereocenters. The quantitative estimate of drug-likeness (QED) is 0.576. The lowest BCUT2D eigenvalue weighted by molar-refractivity contribution is -0.136. The third kappa shape index (κ3) is 4.57. The SMILES string of the molecule is O=C(COc1ccc(Br)cc1Br)Oc1cccc(C(=O)O)c1. The Kier molecular flexibility index (Phi) is 5.57. The molecule has 5 nitrogen and oxygen atoms in total. The van der Waals surface area contributed by atoms with Gasteiger partial charge in [0.1, 0.15) is 11.5 Å². The van der Waals surface area contributed by atoms with Crippen LogP contribution < -0.4 is 9.47 Å². The average molecular weight is 430 g/mol. The number of aromatic carboxylic acids is 1. The predicted octanol–water partition coefficient (Wildman–Crippen LogP) is 3.89. The zero-order valence-corrected chi connectivity index (χ0v) is 14.3. The van der Waals surface area contributed by atoms with Crippen LogP contribution in [0.3, 0.4) is 0 Å². The van der Waals surface area contributed by atoms with Crippen LogP contribution >= 0.6 is 31.9 Å². The standard InChI is InChI=1S/C15H10Br2O5/c16-10-4-5-13(12(17)7-10)21-8-14(18)22-11-3-1-2-9(6-11)15(19)20/h1-7H,8H2,(H,19,20).